The molecule has 8 nitrogen and oxygen atoms in total. The van der Waals surface area contributed by atoms with E-state index in [9.17, 15) is 14.4 Å². The molecule has 0 spiro atoms. The number of fused-ring (bicyclic) bond motifs is 3. The normalized spacial score (nSPS) is 20.7. The average Bonchev–Trinajstić information content (AvgIpc) is 3.45. The van der Waals surface area contributed by atoms with Gasteiger partial charge in [0.1, 0.15) is 11.8 Å². The van der Waals surface area contributed by atoms with Gasteiger partial charge in [0, 0.05) is 11.1 Å². The van der Waals surface area contributed by atoms with E-state index in [-0.39, 0.29) is 24.9 Å². The maximum Gasteiger partial charge on any atom is 0.325 e. The van der Waals surface area contributed by atoms with Crippen LogP contribution in [-0.4, -0.2) is 33.8 Å². The second-order valence-electron chi connectivity index (χ2n) is 7.90. The third kappa shape index (κ3) is 3.57. The Morgan fingerprint density at radius 3 is 2.94 bits per heavy atom. The number of rotatable bonds is 5. The Morgan fingerprint density at radius 1 is 1.26 bits per heavy atom. The summed E-state index contributed by atoms with van der Waals surface area (Å²) in [7, 11) is 0. The summed E-state index contributed by atoms with van der Waals surface area (Å²) in [5, 5.41) is 7.34. The second-order valence-corrected chi connectivity index (χ2v) is 8.31. The third-order valence-electron chi connectivity index (χ3n) is 5.92. The molecule has 2 aromatic heterocycles. The summed E-state index contributed by atoms with van der Waals surface area (Å²) >= 11 is 6.33. The number of halogens is 1. The molecule has 1 aliphatic carbocycles. The first kappa shape index (κ1) is 19.7. The summed E-state index contributed by atoms with van der Waals surface area (Å²) < 4.78 is 5.21. The minimum Gasteiger partial charge on any atom is -0.467 e. The standard InChI is InChI=1S/C22H21ClN4O4/c23-15-7-1-5-13-14-6-2-8-16(20(14)26-19(13)15)24-18(28)10-17-21(29)27(22(30)25-17)11-12-4-3-9-31-12/h1,3-5,7,9,16-17,26H,2,6,8,10-11H2,(H,24,28)(H,25,30)/t16-,17+/m1/s1. The summed E-state index contributed by atoms with van der Waals surface area (Å²) in [6.45, 7) is 0.0393. The zero-order valence-corrected chi connectivity index (χ0v) is 17.4. The molecule has 2 aliphatic rings. The molecule has 160 valence electrons. The SMILES string of the molecule is O=C(C[C@@H]1NC(=O)N(Cc2ccco2)C1=O)N[C@@H]1CCCc2c1[nH]c1c(Cl)cccc21. The fourth-order valence-corrected chi connectivity index (χ4v) is 4.68. The van der Waals surface area contributed by atoms with Crippen molar-refractivity contribution in [2.24, 2.45) is 0 Å². The fraction of sp³-hybridized carbons (Fsp3) is 0.318. The van der Waals surface area contributed by atoms with Crippen LogP contribution in [0.5, 0.6) is 0 Å². The lowest BCUT2D eigenvalue weighted by Gasteiger charge is -2.24. The zero-order chi connectivity index (χ0) is 21.5. The van der Waals surface area contributed by atoms with Crippen molar-refractivity contribution in [2.75, 3.05) is 0 Å². The molecule has 3 heterocycles. The molecule has 31 heavy (non-hydrogen) atoms. The molecular weight excluding hydrogens is 420 g/mol. The van der Waals surface area contributed by atoms with Crippen LogP contribution in [0.25, 0.3) is 10.9 Å². The van der Waals surface area contributed by atoms with Crippen molar-refractivity contribution in [2.45, 2.75) is 44.3 Å². The molecule has 1 aliphatic heterocycles. The van der Waals surface area contributed by atoms with E-state index in [0.717, 1.165) is 40.8 Å². The van der Waals surface area contributed by atoms with Gasteiger partial charge in [0.05, 0.1) is 35.8 Å². The van der Waals surface area contributed by atoms with Crippen molar-refractivity contribution >= 4 is 40.3 Å². The van der Waals surface area contributed by atoms with Crippen LogP contribution in [0.15, 0.2) is 41.0 Å². The molecule has 0 saturated carbocycles. The Hall–Kier alpha value is -3.26. The largest absolute Gasteiger partial charge is 0.467 e. The minimum absolute atomic E-state index is 0.0393. The number of hydrogen-bond donors (Lipinski definition) is 3. The van der Waals surface area contributed by atoms with Crippen molar-refractivity contribution < 1.29 is 18.8 Å². The topological polar surface area (TPSA) is 107 Å². The fourth-order valence-electron chi connectivity index (χ4n) is 4.46. The van der Waals surface area contributed by atoms with Crippen molar-refractivity contribution in [3.8, 4) is 0 Å². The van der Waals surface area contributed by atoms with Crippen LogP contribution < -0.4 is 10.6 Å². The van der Waals surface area contributed by atoms with Crippen LogP contribution in [0.3, 0.4) is 0 Å². The van der Waals surface area contributed by atoms with E-state index in [0.29, 0.717) is 10.8 Å². The lowest BCUT2D eigenvalue weighted by Crippen LogP contribution is -2.38. The monoisotopic (exact) mass is 440 g/mol. The number of benzene rings is 1. The van der Waals surface area contributed by atoms with Crippen LogP contribution in [0.2, 0.25) is 5.02 Å². The number of carbonyl (C=O) groups excluding carboxylic acids is 3. The number of H-pyrrole nitrogens is 1. The van der Waals surface area contributed by atoms with Crippen molar-refractivity contribution in [1.29, 1.82) is 0 Å². The number of furan rings is 1. The predicted octanol–water partition coefficient (Wildman–Crippen LogP) is 3.42. The highest BCUT2D eigenvalue weighted by Gasteiger charge is 2.40. The van der Waals surface area contributed by atoms with Gasteiger partial charge >= 0.3 is 6.03 Å². The Bertz CT molecular complexity index is 1170. The lowest BCUT2D eigenvalue weighted by atomic mass is 9.91. The number of amides is 4. The Labute approximate surface area is 182 Å². The Morgan fingerprint density at radius 2 is 2.13 bits per heavy atom. The molecule has 4 amide bonds. The summed E-state index contributed by atoms with van der Waals surface area (Å²) in [5.74, 6) is -0.222. The summed E-state index contributed by atoms with van der Waals surface area (Å²) in [6.07, 6.45) is 4.01. The number of nitrogens with zero attached hydrogens (tertiary/aromatic N) is 1. The van der Waals surface area contributed by atoms with Gasteiger partial charge in [-0.05, 0) is 43.0 Å². The summed E-state index contributed by atoms with van der Waals surface area (Å²) in [4.78, 5) is 42.0. The lowest BCUT2D eigenvalue weighted by molar-refractivity contribution is -0.131. The zero-order valence-electron chi connectivity index (χ0n) is 16.6. The maximum absolute atomic E-state index is 12.7. The van der Waals surface area contributed by atoms with Crippen molar-refractivity contribution in [3.05, 3.63) is 58.6 Å². The highest BCUT2D eigenvalue weighted by molar-refractivity contribution is 6.35. The number of imide groups is 1. The van der Waals surface area contributed by atoms with Gasteiger partial charge in [0.25, 0.3) is 5.91 Å². The van der Waals surface area contributed by atoms with E-state index in [2.05, 4.69) is 15.6 Å². The minimum atomic E-state index is -0.886. The second kappa shape index (κ2) is 7.77. The van der Waals surface area contributed by atoms with Crippen LogP contribution in [0, 0.1) is 0 Å². The smallest absolute Gasteiger partial charge is 0.325 e. The molecule has 1 aromatic carbocycles. The van der Waals surface area contributed by atoms with E-state index in [1.807, 2.05) is 18.2 Å². The van der Waals surface area contributed by atoms with Crippen LogP contribution >= 0.6 is 11.6 Å². The number of aromatic amines is 1. The molecule has 0 bridgehead atoms. The van der Waals surface area contributed by atoms with Gasteiger partial charge in [0.15, 0.2) is 0 Å². The number of aromatic nitrogens is 1. The molecule has 0 radical (unpaired) electrons. The number of hydrogen-bond acceptors (Lipinski definition) is 4. The number of nitrogens with one attached hydrogen (secondary N) is 3. The van der Waals surface area contributed by atoms with Gasteiger partial charge in [0.2, 0.25) is 5.91 Å². The Balaban J connectivity index is 1.28. The van der Waals surface area contributed by atoms with Gasteiger partial charge in [-0.1, -0.05) is 23.7 Å². The molecule has 9 heteroatoms. The first-order chi connectivity index (χ1) is 15.0. The van der Waals surface area contributed by atoms with E-state index < -0.39 is 18.0 Å². The van der Waals surface area contributed by atoms with Crippen molar-refractivity contribution in [3.63, 3.8) is 0 Å². The first-order valence-electron chi connectivity index (χ1n) is 10.2. The molecule has 1 saturated heterocycles. The number of aryl methyl sites for hydroxylation is 1. The van der Waals surface area contributed by atoms with Crippen LogP contribution in [0.4, 0.5) is 4.79 Å². The maximum atomic E-state index is 12.7. The van der Waals surface area contributed by atoms with E-state index in [1.54, 1.807) is 12.1 Å². The van der Waals surface area contributed by atoms with E-state index in [4.69, 9.17) is 16.0 Å². The van der Waals surface area contributed by atoms with Gasteiger partial charge in [-0.25, -0.2) is 4.79 Å². The van der Waals surface area contributed by atoms with E-state index in [1.165, 1.54) is 11.8 Å². The Kier molecular flexibility index (Phi) is 4.94. The van der Waals surface area contributed by atoms with Gasteiger partial charge in [-0.3, -0.25) is 14.5 Å². The molecule has 3 N–H and O–H groups in total. The number of para-hydroxylation sites is 1. The van der Waals surface area contributed by atoms with E-state index >= 15 is 0 Å². The molecule has 3 aromatic rings. The van der Waals surface area contributed by atoms with Crippen LogP contribution in [0.1, 0.15) is 42.3 Å². The molecule has 5 rings (SSSR count). The molecule has 0 unspecified atom stereocenters. The highest BCUT2D eigenvalue weighted by Crippen LogP contribution is 2.37. The summed E-state index contributed by atoms with van der Waals surface area (Å²) in [6, 6.07) is 7.56. The van der Waals surface area contributed by atoms with Crippen molar-refractivity contribution in [1.82, 2.24) is 20.5 Å². The first-order valence-corrected chi connectivity index (χ1v) is 10.6. The molecule has 1 fully saturated rings. The van der Waals surface area contributed by atoms with Crippen LogP contribution in [-0.2, 0) is 22.6 Å². The number of urea groups is 1. The predicted molar refractivity (Wildman–Crippen MR) is 113 cm³/mol. The average molecular weight is 441 g/mol. The van der Waals surface area contributed by atoms with Gasteiger partial charge in [-0.2, -0.15) is 0 Å². The molecule has 2 atom stereocenters. The third-order valence-corrected chi connectivity index (χ3v) is 6.23. The van der Waals surface area contributed by atoms with Gasteiger partial charge in [-0.15, -0.1) is 0 Å². The van der Waals surface area contributed by atoms with Gasteiger partial charge < -0.3 is 20.0 Å². The highest BCUT2D eigenvalue weighted by atomic mass is 35.5. The molecular formula is C22H21ClN4O4. The quantitative estimate of drug-likeness (QED) is 0.528. The number of carbonyl (C=O) groups is 3. The summed E-state index contributed by atoms with van der Waals surface area (Å²) in [5.41, 5.74) is 3.01.